The monoisotopic (exact) mass is 374 g/mol. The van der Waals surface area contributed by atoms with Crippen LogP contribution < -0.4 is 0 Å². The van der Waals surface area contributed by atoms with Gasteiger partial charge in [-0.15, -0.1) is 0 Å². The van der Waals surface area contributed by atoms with Crippen LogP contribution >= 0.6 is 0 Å². The predicted molar refractivity (Wildman–Crippen MR) is 113 cm³/mol. The summed E-state index contributed by atoms with van der Waals surface area (Å²) in [5, 5.41) is -0.406. The minimum atomic E-state index is -1.78. The Kier molecular flexibility index (Phi) is 6.76. The molecule has 2 nitrogen and oxygen atoms in total. The van der Waals surface area contributed by atoms with Gasteiger partial charge in [-0.3, -0.25) is 4.79 Å². The van der Waals surface area contributed by atoms with Crippen LogP contribution in [0.25, 0.3) is 0 Å². The molecule has 0 unspecified atom stereocenters. The largest absolute Gasteiger partial charge is 0.462 e. The Labute approximate surface area is 161 Å². The lowest BCUT2D eigenvalue weighted by molar-refractivity contribution is -0.159. The molecule has 146 valence electrons. The Balaban J connectivity index is 2.23. The Morgan fingerprint density at radius 1 is 1.19 bits per heavy atom. The quantitative estimate of drug-likeness (QED) is 0.429. The summed E-state index contributed by atoms with van der Waals surface area (Å²) < 4.78 is 6.30. The zero-order chi connectivity index (χ0) is 19.5. The average molecular weight is 375 g/mol. The number of hydrogen-bond donors (Lipinski definition) is 0. The van der Waals surface area contributed by atoms with Crippen LogP contribution in [0.3, 0.4) is 0 Å². The second kappa shape index (κ2) is 8.29. The maximum Gasteiger partial charge on any atom is 0.309 e. The normalized spacial score (nSPS) is 26.4. The van der Waals surface area contributed by atoms with Gasteiger partial charge in [0.1, 0.15) is 6.10 Å². The van der Waals surface area contributed by atoms with Gasteiger partial charge >= 0.3 is 5.97 Å². The molecule has 1 aliphatic rings. The fourth-order valence-electron chi connectivity index (χ4n) is 4.17. The van der Waals surface area contributed by atoms with Crippen molar-refractivity contribution in [2.75, 3.05) is 0 Å². The number of benzene rings is 1. The maximum absolute atomic E-state index is 13.5. The fourth-order valence-corrected chi connectivity index (χ4v) is 5.57. The van der Waals surface area contributed by atoms with E-state index in [4.69, 9.17) is 4.74 Å². The molecule has 1 aromatic rings. The fraction of sp³-hybridized carbons (Fsp3) is 0.696. The predicted octanol–water partition coefficient (Wildman–Crippen LogP) is 6.33. The van der Waals surface area contributed by atoms with Gasteiger partial charge in [-0.1, -0.05) is 84.1 Å². The first-order valence-corrected chi connectivity index (χ1v) is 13.8. The smallest absolute Gasteiger partial charge is 0.309 e. The maximum atomic E-state index is 13.5. The van der Waals surface area contributed by atoms with E-state index in [0.29, 0.717) is 17.8 Å². The molecule has 0 N–H and O–H groups in total. The van der Waals surface area contributed by atoms with E-state index in [0.717, 1.165) is 12.8 Å². The number of rotatable bonds is 6. The minimum absolute atomic E-state index is 0.0327. The first kappa shape index (κ1) is 21.2. The summed E-state index contributed by atoms with van der Waals surface area (Å²) in [7, 11) is -1.78. The second-order valence-electron chi connectivity index (χ2n) is 10.0. The highest BCUT2D eigenvalue weighted by Gasteiger charge is 2.48. The molecule has 0 aromatic heterocycles. The van der Waals surface area contributed by atoms with Gasteiger partial charge in [0.2, 0.25) is 0 Å². The van der Waals surface area contributed by atoms with E-state index in [9.17, 15) is 4.79 Å². The molecule has 0 heterocycles. The third-order valence-electron chi connectivity index (χ3n) is 6.73. The highest BCUT2D eigenvalue weighted by Crippen LogP contribution is 2.44. The number of ether oxygens (including phenoxy) is 1. The van der Waals surface area contributed by atoms with Crippen LogP contribution in [-0.4, -0.2) is 20.1 Å². The van der Waals surface area contributed by atoms with Crippen molar-refractivity contribution in [3.63, 3.8) is 0 Å². The molecular formula is C23H38O2Si. The van der Waals surface area contributed by atoms with E-state index in [1.54, 1.807) is 0 Å². The van der Waals surface area contributed by atoms with E-state index in [1.165, 1.54) is 18.4 Å². The van der Waals surface area contributed by atoms with Gasteiger partial charge in [-0.25, -0.2) is 0 Å². The molecule has 4 atom stereocenters. The molecule has 1 saturated carbocycles. The molecule has 0 aliphatic heterocycles. The number of carbonyl (C=O) groups is 1. The number of carbonyl (C=O) groups excluding carboxylic acids is 1. The van der Waals surface area contributed by atoms with E-state index in [-0.39, 0.29) is 12.1 Å². The van der Waals surface area contributed by atoms with E-state index in [2.05, 4.69) is 71.6 Å². The van der Waals surface area contributed by atoms with Crippen LogP contribution in [0.4, 0.5) is 0 Å². The molecule has 2 rings (SSSR count). The van der Waals surface area contributed by atoms with Crippen LogP contribution in [0.2, 0.25) is 24.7 Å². The van der Waals surface area contributed by atoms with Gasteiger partial charge in [0.05, 0.1) is 13.1 Å². The molecule has 0 radical (unpaired) electrons. The van der Waals surface area contributed by atoms with Crippen LogP contribution in [-0.2, 0) is 16.0 Å². The Bertz CT molecular complexity index is 590. The number of esters is 1. The topological polar surface area (TPSA) is 26.3 Å². The SMILES string of the molecule is CC(C)[C@@H]1CC[C@@H](C)C[C@H]1OC(=O)[C@](C)(Cc1ccccc1)[Si](C)(C)C. The van der Waals surface area contributed by atoms with Crippen LogP contribution in [0.5, 0.6) is 0 Å². The summed E-state index contributed by atoms with van der Waals surface area (Å²) in [6.07, 6.45) is 4.31. The third-order valence-corrected chi connectivity index (χ3v) is 10.4. The van der Waals surface area contributed by atoms with Gasteiger partial charge < -0.3 is 4.74 Å². The number of hydrogen-bond acceptors (Lipinski definition) is 2. The van der Waals surface area contributed by atoms with Crippen molar-refractivity contribution in [3.8, 4) is 0 Å². The molecule has 0 amide bonds. The molecule has 1 aliphatic carbocycles. The van der Waals surface area contributed by atoms with Crippen molar-refractivity contribution in [3.05, 3.63) is 35.9 Å². The van der Waals surface area contributed by atoms with Crippen LogP contribution in [0.1, 0.15) is 52.5 Å². The van der Waals surface area contributed by atoms with Crippen LogP contribution in [0.15, 0.2) is 30.3 Å². The van der Waals surface area contributed by atoms with Crippen molar-refractivity contribution in [1.29, 1.82) is 0 Å². The minimum Gasteiger partial charge on any atom is -0.462 e. The molecule has 1 fully saturated rings. The standard InChI is InChI=1S/C23H38O2Si/c1-17(2)20-14-13-18(3)15-21(20)25-22(24)23(4,26(5,6)7)16-19-11-9-8-10-12-19/h8-12,17-18,20-21H,13-16H2,1-7H3/t18-,20+,21-,23+/m1/s1. The molecule has 0 spiro atoms. The zero-order valence-electron chi connectivity index (χ0n) is 17.8. The van der Waals surface area contributed by atoms with Gasteiger partial charge in [-0.05, 0) is 42.6 Å². The van der Waals surface area contributed by atoms with Crippen molar-refractivity contribution in [2.45, 2.75) is 84.2 Å². The van der Waals surface area contributed by atoms with Gasteiger partial charge in [-0.2, -0.15) is 0 Å². The Morgan fingerprint density at radius 2 is 1.81 bits per heavy atom. The van der Waals surface area contributed by atoms with E-state index >= 15 is 0 Å². The Hall–Kier alpha value is -1.09. The summed E-state index contributed by atoms with van der Waals surface area (Å²) >= 11 is 0. The first-order chi connectivity index (χ1) is 12.0. The van der Waals surface area contributed by atoms with Crippen molar-refractivity contribution in [1.82, 2.24) is 0 Å². The van der Waals surface area contributed by atoms with Gasteiger partial charge in [0.25, 0.3) is 0 Å². The highest BCUT2D eigenvalue weighted by molar-refractivity contribution is 6.82. The lowest BCUT2D eigenvalue weighted by Crippen LogP contribution is -2.48. The molecule has 1 aromatic carbocycles. The first-order valence-electron chi connectivity index (χ1n) is 10.3. The molecule has 0 bridgehead atoms. The second-order valence-corrected chi connectivity index (χ2v) is 15.6. The summed E-state index contributed by atoms with van der Waals surface area (Å²) in [6, 6.07) is 10.4. The van der Waals surface area contributed by atoms with Crippen molar-refractivity contribution in [2.24, 2.45) is 17.8 Å². The lowest BCUT2D eigenvalue weighted by Gasteiger charge is -2.42. The van der Waals surface area contributed by atoms with Crippen molar-refractivity contribution >= 4 is 14.0 Å². The summed E-state index contributed by atoms with van der Waals surface area (Å²) in [5.41, 5.74) is 1.23. The van der Waals surface area contributed by atoms with Gasteiger partial charge in [0, 0.05) is 0 Å². The lowest BCUT2D eigenvalue weighted by atomic mass is 9.75. The summed E-state index contributed by atoms with van der Waals surface area (Å²) in [6.45, 7) is 15.8. The molecule has 0 saturated heterocycles. The summed E-state index contributed by atoms with van der Waals surface area (Å²) in [4.78, 5) is 13.5. The van der Waals surface area contributed by atoms with Crippen molar-refractivity contribution < 1.29 is 9.53 Å². The summed E-state index contributed by atoms with van der Waals surface area (Å²) in [5.74, 6) is 1.74. The molecule has 3 heteroatoms. The van der Waals surface area contributed by atoms with Crippen LogP contribution in [0, 0.1) is 17.8 Å². The third kappa shape index (κ3) is 4.79. The average Bonchev–Trinajstić information content (AvgIpc) is 2.54. The van der Waals surface area contributed by atoms with Gasteiger partial charge in [0.15, 0.2) is 0 Å². The zero-order valence-corrected chi connectivity index (χ0v) is 18.8. The van der Waals surface area contributed by atoms with E-state index in [1.807, 2.05) is 6.07 Å². The highest BCUT2D eigenvalue weighted by atomic mass is 28.3. The Morgan fingerprint density at radius 3 is 2.35 bits per heavy atom. The molecule has 26 heavy (non-hydrogen) atoms. The molecular weight excluding hydrogens is 336 g/mol. The van der Waals surface area contributed by atoms with E-state index < -0.39 is 13.1 Å².